The van der Waals surface area contributed by atoms with Crippen molar-refractivity contribution in [1.29, 1.82) is 0 Å². The summed E-state index contributed by atoms with van der Waals surface area (Å²) in [5, 5.41) is 2.85. The Morgan fingerprint density at radius 2 is 1.61 bits per heavy atom. The van der Waals surface area contributed by atoms with E-state index in [9.17, 15) is 14.4 Å². The number of ether oxygens (including phenoxy) is 1. The van der Waals surface area contributed by atoms with Gasteiger partial charge in [0, 0.05) is 24.7 Å². The number of amides is 2. The fourth-order valence-corrected chi connectivity index (χ4v) is 2.69. The number of Topliss-reactive ketones (excluding diaryl/α,β-unsaturated/α-hetero) is 1. The van der Waals surface area contributed by atoms with Crippen molar-refractivity contribution in [3.63, 3.8) is 0 Å². The monoisotopic (exact) mass is 382 g/mol. The minimum absolute atomic E-state index is 0.0530. The Bertz CT molecular complexity index is 839. The molecule has 0 aliphatic carbocycles. The largest absolute Gasteiger partial charge is 0.484 e. The number of rotatable bonds is 8. The number of carbonyl (C=O) groups excluding carboxylic acids is 3. The molecule has 28 heavy (non-hydrogen) atoms. The molecule has 0 radical (unpaired) electrons. The van der Waals surface area contributed by atoms with Crippen LogP contribution in [0.15, 0.2) is 42.5 Å². The summed E-state index contributed by atoms with van der Waals surface area (Å²) in [5.74, 6) is -0.0345. The molecule has 2 aromatic rings. The topological polar surface area (TPSA) is 75.7 Å². The molecular weight excluding hydrogens is 356 g/mol. The first-order chi connectivity index (χ1) is 13.3. The van der Waals surface area contributed by atoms with E-state index < -0.39 is 0 Å². The molecule has 0 bridgehead atoms. The van der Waals surface area contributed by atoms with Gasteiger partial charge in [-0.3, -0.25) is 14.4 Å². The van der Waals surface area contributed by atoms with Crippen molar-refractivity contribution in [3.8, 4) is 5.75 Å². The number of anilines is 1. The van der Waals surface area contributed by atoms with E-state index in [1.807, 2.05) is 32.0 Å². The Labute approximate surface area is 165 Å². The zero-order valence-electron chi connectivity index (χ0n) is 16.7. The fourth-order valence-electron chi connectivity index (χ4n) is 2.69. The Morgan fingerprint density at radius 3 is 2.18 bits per heavy atom. The predicted octanol–water partition coefficient (Wildman–Crippen LogP) is 3.37. The van der Waals surface area contributed by atoms with Crippen molar-refractivity contribution in [2.75, 3.05) is 25.5 Å². The average molecular weight is 382 g/mol. The van der Waals surface area contributed by atoms with Crippen LogP contribution in [0.1, 0.15) is 34.8 Å². The third-order valence-electron chi connectivity index (χ3n) is 4.41. The number of hydrogen-bond acceptors (Lipinski definition) is 4. The quantitative estimate of drug-likeness (QED) is 0.710. The van der Waals surface area contributed by atoms with E-state index in [2.05, 4.69) is 5.32 Å². The number of carbonyl (C=O) groups is 3. The van der Waals surface area contributed by atoms with Crippen molar-refractivity contribution in [3.05, 3.63) is 59.2 Å². The maximum atomic E-state index is 12.3. The van der Waals surface area contributed by atoms with Crippen LogP contribution in [0.25, 0.3) is 0 Å². The smallest absolute Gasteiger partial charge is 0.260 e. The van der Waals surface area contributed by atoms with Gasteiger partial charge in [-0.05, 0) is 49.2 Å². The lowest BCUT2D eigenvalue weighted by Crippen LogP contribution is -2.37. The maximum absolute atomic E-state index is 12.3. The Morgan fingerprint density at radius 1 is 1.00 bits per heavy atom. The molecule has 0 aliphatic rings. The van der Waals surface area contributed by atoms with Gasteiger partial charge in [-0.15, -0.1) is 0 Å². The molecule has 0 aromatic heterocycles. The first kappa shape index (κ1) is 21.2. The normalized spacial score (nSPS) is 10.3. The van der Waals surface area contributed by atoms with Crippen molar-refractivity contribution in [2.24, 2.45) is 0 Å². The van der Waals surface area contributed by atoms with Crippen LogP contribution in [0.4, 0.5) is 5.69 Å². The van der Waals surface area contributed by atoms with Gasteiger partial charge in [-0.25, -0.2) is 0 Å². The van der Waals surface area contributed by atoms with E-state index in [0.717, 1.165) is 16.8 Å². The Balaban J connectivity index is 1.85. The molecule has 0 unspecified atom stereocenters. The summed E-state index contributed by atoms with van der Waals surface area (Å²) >= 11 is 0. The number of likely N-dealkylation sites (N-methyl/N-ethyl adjacent to an activating group) is 1. The second-order valence-corrected chi connectivity index (χ2v) is 6.65. The van der Waals surface area contributed by atoms with E-state index in [1.165, 1.54) is 4.90 Å². The molecule has 6 nitrogen and oxygen atoms in total. The van der Waals surface area contributed by atoms with Crippen LogP contribution in [-0.4, -0.2) is 42.7 Å². The molecule has 0 aliphatic heterocycles. The first-order valence-corrected chi connectivity index (χ1v) is 9.18. The van der Waals surface area contributed by atoms with Gasteiger partial charge in [0.15, 0.2) is 12.4 Å². The highest BCUT2D eigenvalue weighted by Crippen LogP contribution is 2.19. The SMILES string of the molecule is CCC(=O)c1ccc(OCC(=O)N(C)CC(=O)Nc2c(C)cccc2C)cc1. The Kier molecular flexibility index (Phi) is 7.32. The summed E-state index contributed by atoms with van der Waals surface area (Å²) in [6, 6.07) is 12.4. The third-order valence-corrected chi connectivity index (χ3v) is 4.41. The molecule has 2 aromatic carbocycles. The number of nitrogens with one attached hydrogen (secondary N) is 1. The van der Waals surface area contributed by atoms with Gasteiger partial charge < -0.3 is 15.0 Å². The summed E-state index contributed by atoms with van der Waals surface area (Å²) < 4.78 is 5.46. The minimum atomic E-state index is -0.314. The number of nitrogens with zero attached hydrogens (tertiary/aromatic N) is 1. The molecular formula is C22H26N2O4. The highest BCUT2D eigenvalue weighted by molar-refractivity contribution is 5.96. The van der Waals surface area contributed by atoms with Crippen LogP contribution in [0.2, 0.25) is 0 Å². The zero-order chi connectivity index (χ0) is 20.7. The predicted molar refractivity (Wildman–Crippen MR) is 109 cm³/mol. The summed E-state index contributed by atoms with van der Waals surface area (Å²) in [7, 11) is 1.55. The lowest BCUT2D eigenvalue weighted by atomic mass is 10.1. The highest BCUT2D eigenvalue weighted by Gasteiger charge is 2.15. The molecule has 0 atom stereocenters. The number of aryl methyl sites for hydroxylation is 2. The van der Waals surface area contributed by atoms with Crippen molar-refractivity contribution in [2.45, 2.75) is 27.2 Å². The molecule has 2 amide bonds. The van der Waals surface area contributed by atoms with Crippen LogP contribution in [0.3, 0.4) is 0 Å². The summed E-state index contributed by atoms with van der Waals surface area (Å²) in [6.45, 7) is 5.39. The minimum Gasteiger partial charge on any atom is -0.484 e. The standard InChI is InChI=1S/C22H26N2O4/c1-5-19(25)17-9-11-18(12-10-17)28-14-21(27)24(4)13-20(26)23-22-15(2)7-6-8-16(22)3/h6-12H,5,13-14H2,1-4H3,(H,23,26). The van der Waals surface area contributed by atoms with E-state index in [0.29, 0.717) is 17.7 Å². The van der Waals surface area contributed by atoms with Crippen molar-refractivity contribution in [1.82, 2.24) is 4.90 Å². The first-order valence-electron chi connectivity index (χ1n) is 9.18. The van der Waals surface area contributed by atoms with Crippen LogP contribution < -0.4 is 10.1 Å². The van der Waals surface area contributed by atoms with Gasteiger partial charge in [-0.2, -0.15) is 0 Å². The molecule has 0 fully saturated rings. The Hall–Kier alpha value is -3.15. The van der Waals surface area contributed by atoms with Gasteiger partial charge in [0.25, 0.3) is 5.91 Å². The van der Waals surface area contributed by atoms with E-state index >= 15 is 0 Å². The lowest BCUT2D eigenvalue weighted by Gasteiger charge is -2.18. The van der Waals surface area contributed by atoms with Crippen LogP contribution in [0.5, 0.6) is 5.75 Å². The molecule has 0 saturated carbocycles. The number of para-hydroxylation sites is 1. The van der Waals surface area contributed by atoms with Crippen LogP contribution in [0, 0.1) is 13.8 Å². The van der Waals surface area contributed by atoms with Crippen molar-refractivity contribution < 1.29 is 19.1 Å². The van der Waals surface area contributed by atoms with E-state index in [-0.39, 0.29) is 30.7 Å². The molecule has 0 saturated heterocycles. The maximum Gasteiger partial charge on any atom is 0.260 e. The molecule has 2 rings (SSSR count). The summed E-state index contributed by atoms with van der Waals surface area (Å²) in [5.41, 5.74) is 3.32. The number of benzene rings is 2. The lowest BCUT2D eigenvalue weighted by molar-refractivity contribution is -0.135. The van der Waals surface area contributed by atoms with Gasteiger partial charge >= 0.3 is 0 Å². The number of hydrogen-bond donors (Lipinski definition) is 1. The van der Waals surface area contributed by atoms with Gasteiger partial charge in [0.2, 0.25) is 5.91 Å². The number of ketones is 1. The molecule has 148 valence electrons. The van der Waals surface area contributed by atoms with Crippen molar-refractivity contribution >= 4 is 23.3 Å². The fraction of sp³-hybridized carbons (Fsp3) is 0.318. The molecule has 1 N–H and O–H groups in total. The second-order valence-electron chi connectivity index (χ2n) is 6.65. The van der Waals surface area contributed by atoms with Crippen LogP contribution >= 0.6 is 0 Å². The summed E-state index contributed by atoms with van der Waals surface area (Å²) in [6.07, 6.45) is 0.438. The molecule has 0 spiro atoms. The zero-order valence-corrected chi connectivity index (χ0v) is 16.7. The third kappa shape index (κ3) is 5.67. The van der Waals surface area contributed by atoms with Gasteiger partial charge in [0.05, 0.1) is 6.54 Å². The molecule has 6 heteroatoms. The van der Waals surface area contributed by atoms with E-state index in [4.69, 9.17) is 4.74 Å². The van der Waals surface area contributed by atoms with Gasteiger partial charge in [-0.1, -0.05) is 25.1 Å². The van der Waals surface area contributed by atoms with Crippen LogP contribution in [-0.2, 0) is 9.59 Å². The average Bonchev–Trinajstić information content (AvgIpc) is 2.68. The summed E-state index contributed by atoms with van der Waals surface area (Å²) in [4.78, 5) is 37.4. The second kappa shape index (κ2) is 9.69. The van der Waals surface area contributed by atoms with Gasteiger partial charge in [0.1, 0.15) is 5.75 Å². The van der Waals surface area contributed by atoms with E-state index in [1.54, 1.807) is 38.2 Å². The highest BCUT2D eigenvalue weighted by atomic mass is 16.5. The molecule has 0 heterocycles.